The van der Waals surface area contributed by atoms with Crippen LogP contribution in [0.1, 0.15) is 5.56 Å². The number of halogens is 4. The Morgan fingerprint density at radius 3 is 2.38 bits per heavy atom. The number of nitrogens with one attached hydrogen (secondary N) is 1. The number of amides is 1. The molecule has 0 saturated heterocycles. The summed E-state index contributed by atoms with van der Waals surface area (Å²) in [5, 5.41) is 3.59. The molecule has 0 spiro atoms. The second-order valence-electron chi connectivity index (χ2n) is 4.11. The fraction of sp³-hybridized carbons (Fsp3) is 0. The van der Waals surface area contributed by atoms with Gasteiger partial charge in [0.1, 0.15) is 5.82 Å². The molecule has 2 aromatic carbocycles. The third-order valence-corrected chi connectivity index (χ3v) is 3.36. The Hall–Kier alpha value is -1.55. The van der Waals surface area contributed by atoms with Crippen molar-refractivity contribution in [1.29, 1.82) is 0 Å². The lowest BCUT2D eigenvalue weighted by atomic mass is 10.2. The van der Waals surface area contributed by atoms with E-state index in [9.17, 15) is 9.18 Å². The Bertz CT molecular complexity index is 716. The first kappa shape index (κ1) is 15.8. The molecule has 0 fully saturated rings. The fourth-order valence-corrected chi connectivity index (χ4v) is 2.20. The average molecular weight is 345 g/mol. The molecule has 1 N–H and O–H groups in total. The van der Waals surface area contributed by atoms with E-state index in [1.165, 1.54) is 24.3 Å². The van der Waals surface area contributed by atoms with Gasteiger partial charge in [-0.3, -0.25) is 4.79 Å². The highest BCUT2D eigenvalue weighted by molar-refractivity contribution is 6.35. The zero-order valence-corrected chi connectivity index (χ0v) is 12.8. The maximum absolute atomic E-state index is 13.5. The van der Waals surface area contributed by atoms with Crippen molar-refractivity contribution < 1.29 is 9.18 Å². The molecule has 0 radical (unpaired) electrons. The predicted octanol–water partition coefficient (Wildman–Crippen LogP) is 5.44. The number of carbonyl (C=O) groups excluding carboxylic acids is 1. The van der Waals surface area contributed by atoms with Crippen LogP contribution in [0.2, 0.25) is 15.1 Å². The Labute approximate surface area is 136 Å². The zero-order chi connectivity index (χ0) is 15.4. The van der Waals surface area contributed by atoms with Gasteiger partial charge in [-0.05, 0) is 42.0 Å². The number of anilines is 1. The van der Waals surface area contributed by atoms with E-state index in [0.717, 1.165) is 6.07 Å². The molecular formula is C15H9Cl3FNO. The van der Waals surface area contributed by atoms with Crippen LogP contribution in [-0.2, 0) is 4.79 Å². The van der Waals surface area contributed by atoms with Gasteiger partial charge >= 0.3 is 0 Å². The van der Waals surface area contributed by atoms with Gasteiger partial charge in [0.25, 0.3) is 0 Å². The lowest BCUT2D eigenvalue weighted by molar-refractivity contribution is -0.111. The maximum atomic E-state index is 13.5. The Morgan fingerprint density at radius 2 is 1.71 bits per heavy atom. The Kier molecular flexibility index (Phi) is 5.23. The summed E-state index contributed by atoms with van der Waals surface area (Å²) in [6, 6.07) is 8.90. The van der Waals surface area contributed by atoms with Gasteiger partial charge < -0.3 is 5.32 Å². The molecule has 0 aliphatic rings. The fourth-order valence-electron chi connectivity index (χ4n) is 1.57. The first-order chi connectivity index (χ1) is 9.95. The quantitative estimate of drug-likeness (QED) is 0.738. The zero-order valence-electron chi connectivity index (χ0n) is 10.5. The van der Waals surface area contributed by atoms with E-state index in [2.05, 4.69) is 5.32 Å². The second kappa shape index (κ2) is 6.94. The molecule has 21 heavy (non-hydrogen) atoms. The molecule has 2 rings (SSSR count). The summed E-state index contributed by atoms with van der Waals surface area (Å²) >= 11 is 17.4. The molecule has 108 valence electrons. The van der Waals surface area contributed by atoms with Crippen LogP contribution in [-0.4, -0.2) is 5.91 Å². The van der Waals surface area contributed by atoms with Crippen LogP contribution in [0, 0.1) is 5.82 Å². The molecule has 0 aliphatic heterocycles. The van der Waals surface area contributed by atoms with Gasteiger partial charge in [0.05, 0.1) is 5.69 Å². The third kappa shape index (κ3) is 4.46. The molecule has 0 unspecified atom stereocenters. The van der Waals surface area contributed by atoms with Crippen molar-refractivity contribution >= 4 is 52.5 Å². The molecular weight excluding hydrogens is 336 g/mol. The van der Waals surface area contributed by atoms with Crippen molar-refractivity contribution in [2.24, 2.45) is 0 Å². The summed E-state index contributed by atoms with van der Waals surface area (Å²) in [5.41, 5.74) is 0.684. The SMILES string of the molecule is O=C(/C=C/c1ccc(Cl)cc1Cl)Nc1ccc(Cl)cc1F. The van der Waals surface area contributed by atoms with E-state index in [0.29, 0.717) is 15.6 Å². The topological polar surface area (TPSA) is 29.1 Å². The minimum absolute atomic E-state index is 0.0521. The van der Waals surface area contributed by atoms with Crippen LogP contribution in [0.3, 0.4) is 0 Å². The average Bonchev–Trinajstić information content (AvgIpc) is 2.41. The number of rotatable bonds is 3. The molecule has 6 heteroatoms. The van der Waals surface area contributed by atoms with E-state index in [4.69, 9.17) is 34.8 Å². The molecule has 0 saturated carbocycles. The van der Waals surface area contributed by atoms with Crippen molar-refractivity contribution in [2.45, 2.75) is 0 Å². The van der Waals surface area contributed by atoms with Crippen molar-refractivity contribution in [3.05, 3.63) is 68.9 Å². The molecule has 0 aliphatic carbocycles. The minimum Gasteiger partial charge on any atom is -0.320 e. The van der Waals surface area contributed by atoms with Crippen LogP contribution in [0.25, 0.3) is 6.08 Å². The van der Waals surface area contributed by atoms with Crippen molar-refractivity contribution in [2.75, 3.05) is 5.32 Å². The van der Waals surface area contributed by atoms with Gasteiger partial charge in [-0.1, -0.05) is 40.9 Å². The largest absolute Gasteiger partial charge is 0.320 e. The van der Waals surface area contributed by atoms with Crippen molar-refractivity contribution in [3.8, 4) is 0 Å². The maximum Gasteiger partial charge on any atom is 0.248 e. The Morgan fingerprint density at radius 1 is 1.05 bits per heavy atom. The number of carbonyl (C=O) groups is 1. The van der Waals surface area contributed by atoms with Gasteiger partial charge in [-0.15, -0.1) is 0 Å². The lowest BCUT2D eigenvalue weighted by Gasteiger charge is -2.04. The summed E-state index contributed by atoms with van der Waals surface area (Å²) in [6.07, 6.45) is 2.77. The standard InChI is InChI=1S/C15H9Cl3FNO/c16-10-3-1-9(12(18)7-10)2-6-15(21)20-14-5-4-11(17)8-13(14)19/h1-8H,(H,20,21)/b6-2+. The summed E-state index contributed by atoms with van der Waals surface area (Å²) in [6.45, 7) is 0. The molecule has 0 atom stereocenters. The van der Waals surface area contributed by atoms with Gasteiger partial charge in [0.15, 0.2) is 0 Å². The number of hydrogen-bond acceptors (Lipinski definition) is 1. The minimum atomic E-state index is -0.603. The monoisotopic (exact) mass is 343 g/mol. The van der Waals surface area contributed by atoms with Crippen molar-refractivity contribution in [3.63, 3.8) is 0 Å². The molecule has 2 aromatic rings. The van der Waals surface area contributed by atoms with Gasteiger partial charge in [0.2, 0.25) is 5.91 Å². The van der Waals surface area contributed by atoms with E-state index in [1.54, 1.807) is 18.2 Å². The predicted molar refractivity (Wildman–Crippen MR) is 85.5 cm³/mol. The summed E-state index contributed by atoms with van der Waals surface area (Å²) in [5.74, 6) is -1.09. The van der Waals surface area contributed by atoms with Crippen LogP contribution < -0.4 is 5.32 Å². The second-order valence-corrected chi connectivity index (χ2v) is 5.39. The van der Waals surface area contributed by atoms with Crippen LogP contribution in [0.15, 0.2) is 42.5 Å². The Balaban J connectivity index is 2.09. The smallest absolute Gasteiger partial charge is 0.248 e. The van der Waals surface area contributed by atoms with E-state index < -0.39 is 11.7 Å². The number of benzene rings is 2. The van der Waals surface area contributed by atoms with E-state index in [1.807, 2.05) is 0 Å². The first-order valence-corrected chi connectivity index (χ1v) is 6.98. The van der Waals surface area contributed by atoms with Crippen LogP contribution >= 0.6 is 34.8 Å². The van der Waals surface area contributed by atoms with Gasteiger partial charge in [0, 0.05) is 21.1 Å². The normalized spacial score (nSPS) is 10.9. The van der Waals surface area contributed by atoms with E-state index >= 15 is 0 Å². The highest BCUT2D eigenvalue weighted by atomic mass is 35.5. The highest BCUT2D eigenvalue weighted by Crippen LogP contribution is 2.22. The molecule has 0 heterocycles. The summed E-state index contributed by atoms with van der Waals surface area (Å²) in [4.78, 5) is 11.7. The molecule has 1 amide bonds. The van der Waals surface area contributed by atoms with Crippen LogP contribution in [0.5, 0.6) is 0 Å². The van der Waals surface area contributed by atoms with Crippen LogP contribution in [0.4, 0.5) is 10.1 Å². The molecule has 0 bridgehead atoms. The lowest BCUT2D eigenvalue weighted by Crippen LogP contribution is -2.09. The highest BCUT2D eigenvalue weighted by Gasteiger charge is 2.05. The van der Waals surface area contributed by atoms with Gasteiger partial charge in [-0.25, -0.2) is 4.39 Å². The summed E-state index contributed by atoms with van der Waals surface area (Å²) in [7, 11) is 0. The molecule has 2 nitrogen and oxygen atoms in total. The van der Waals surface area contributed by atoms with Gasteiger partial charge in [-0.2, -0.15) is 0 Å². The summed E-state index contributed by atoms with van der Waals surface area (Å²) < 4.78 is 13.5. The number of hydrogen-bond donors (Lipinski definition) is 1. The molecule has 0 aromatic heterocycles. The van der Waals surface area contributed by atoms with Crippen molar-refractivity contribution in [1.82, 2.24) is 0 Å². The first-order valence-electron chi connectivity index (χ1n) is 5.85. The van der Waals surface area contributed by atoms with E-state index in [-0.39, 0.29) is 10.7 Å². The third-order valence-electron chi connectivity index (χ3n) is 2.57.